The van der Waals surface area contributed by atoms with E-state index in [0.29, 0.717) is 21.4 Å². The first-order chi connectivity index (χ1) is 13.4. The normalized spacial score (nSPS) is 11.5. The van der Waals surface area contributed by atoms with E-state index in [4.69, 9.17) is 16.0 Å². The minimum Gasteiger partial charge on any atom is -0.387 e. The van der Waals surface area contributed by atoms with Gasteiger partial charge in [0.15, 0.2) is 9.84 Å². The van der Waals surface area contributed by atoms with Gasteiger partial charge in [0, 0.05) is 17.0 Å². The fourth-order valence-corrected chi connectivity index (χ4v) is 4.38. The third-order valence-electron chi connectivity index (χ3n) is 3.69. The zero-order valence-corrected chi connectivity index (χ0v) is 17.0. The molecule has 3 aromatic rings. The van der Waals surface area contributed by atoms with Gasteiger partial charge in [-0.15, -0.1) is 23.4 Å². The minimum absolute atomic E-state index is 0.0913. The molecule has 2 aromatic heterocycles. The first-order valence-corrected chi connectivity index (χ1v) is 11.2. The van der Waals surface area contributed by atoms with Crippen LogP contribution in [0.1, 0.15) is 0 Å². The summed E-state index contributed by atoms with van der Waals surface area (Å²) in [4.78, 5) is 16.5. The van der Waals surface area contributed by atoms with Crippen LogP contribution in [0, 0.1) is 0 Å². The van der Waals surface area contributed by atoms with Crippen LogP contribution < -0.4 is 5.76 Å². The number of nitrogens with zero attached hydrogens (tertiary/aromatic N) is 3. The molecule has 0 fully saturated rings. The van der Waals surface area contributed by atoms with Crippen LogP contribution in [0.3, 0.4) is 0 Å². The predicted molar refractivity (Wildman–Crippen MR) is 108 cm³/mol. The van der Waals surface area contributed by atoms with Crippen molar-refractivity contribution < 1.29 is 12.8 Å². The standard InChI is InChI=1S/C18H16ClN3O4S2/c1-2-11-27-17-15(4-3-9-20-17)16-21-22(18(23)26-16)10-12-28(24,25)14-7-5-13(19)6-8-14/h2-9H,1,10-12H2. The van der Waals surface area contributed by atoms with Gasteiger partial charge in [0.1, 0.15) is 5.03 Å². The fraction of sp³-hybridized carbons (Fsp3) is 0.167. The van der Waals surface area contributed by atoms with Crippen LogP contribution in [-0.2, 0) is 16.4 Å². The van der Waals surface area contributed by atoms with Crippen LogP contribution in [0.5, 0.6) is 0 Å². The van der Waals surface area contributed by atoms with Crippen molar-refractivity contribution in [1.82, 2.24) is 14.8 Å². The number of hydrogen-bond donors (Lipinski definition) is 0. The lowest BCUT2D eigenvalue weighted by Crippen LogP contribution is -2.21. The lowest BCUT2D eigenvalue weighted by molar-refractivity contribution is 0.488. The van der Waals surface area contributed by atoms with Gasteiger partial charge in [0.25, 0.3) is 5.89 Å². The Morgan fingerprint density at radius 3 is 2.71 bits per heavy atom. The van der Waals surface area contributed by atoms with Gasteiger partial charge < -0.3 is 4.42 Å². The molecule has 146 valence electrons. The van der Waals surface area contributed by atoms with Gasteiger partial charge in [-0.3, -0.25) is 0 Å². The Hall–Kier alpha value is -2.36. The van der Waals surface area contributed by atoms with Gasteiger partial charge >= 0.3 is 5.76 Å². The van der Waals surface area contributed by atoms with Crippen LogP contribution in [0.4, 0.5) is 0 Å². The van der Waals surface area contributed by atoms with E-state index in [9.17, 15) is 13.2 Å². The Labute approximate surface area is 171 Å². The highest BCUT2D eigenvalue weighted by Crippen LogP contribution is 2.27. The summed E-state index contributed by atoms with van der Waals surface area (Å²) in [5.41, 5.74) is 0.561. The lowest BCUT2D eigenvalue weighted by atomic mass is 10.3. The second-order valence-corrected chi connectivity index (χ2v) is 9.18. The molecule has 0 spiro atoms. The molecule has 10 heteroatoms. The van der Waals surface area contributed by atoms with Gasteiger partial charge in [-0.2, -0.15) is 4.68 Å². The molecule has 0 unspecified atom stereocenters. The fourth-order valence-electron chi connectivity index (χ4n) is 2.33. The molecule has 0 atom stereocenters. The van der Waals surface area contributed by atoms with E-state index in [1.54, 1.807) is 24.4 Å². The van der Waals surface area contributed by atoms with Gasteiger partial charge in [0.2, 0.25) is 0 Å². The maximum atomic E-state index is 12.4. The monoisotopic (exact) mass is 437 g/mol. The van der Waals surface area contributed by atoms with Crippen LogP contribution in [0.2, 0.25) is 5.02 Å². The number of benzene rings is 1. The molecule has 0 N–H and O–H groups in total. The molecule has 0 aliphatic carbocycles. The number of hydrogen-bond acceptors (Lipinski definition) is 7. The Morgan fingerprint density at radius 2 is 2.00 bits per heavy atom. The number of sulfone groups is 1. The quantitative estimate of drug-likeness (QED) is 0.394. The van der Waals surface area contributed by atoms with Crippen molar-refractivity contribution in [2.75, 3.05) is 11.5 Å². The third-order valence-corrected chi connectivity index (χ3v) is 6.65. The third kappa shape index (κ3) is 4.73. The Balaban J connectivity index is 1.81. The van der Waals surface area contributed by atoms with Crippen molar-refractivity contribution in [2.45, 2.75) is 16.5 Å². The molecular weight excluding hydrogens is 422 g/mol. The Bertz CT molecular complexity index is 1140. The van der Waals surface area contributed by atoms with Crippen LogP contribution in [0.15, 0.2) is 74.4 Å². The molecule has 0 saturated heterocycles. The largest absolute Gasteiger partial charge is 0.437 e. The summed E-state index contributed by atoms with van der Waals surface area (Å²) in [5.74, 6) is -0.307. The maximum absolute atomic E-state index is 12.4. The van der Waals surface area contributed by atoms with Gasteiger partial charge in [-0.05, 0) is 36.4 Å². The summed E-state index contributed by atoms with van der Waals surface area (Å²) in [6.45, 7) is 3.53. The van der Waals surface area contributed by atoms with Crippen molar-refractivity contribution in [3.63, 3.8) is 0 Å². The number of aryl methyl sites for hydroxylation is 1. The second-order valence-electron chi connectivity index (χ2n) is 5.62. The number of halogens is 1. The topological polar surface area (TPSA) is 95.1 Å². The van der Waals surface area contributed by atoms with Gasteiger partial charge in [0.05, 0.1) is 22.8 Å². The molecule has 0 aliphatic heterocycles. The SMILES string of the molecule is C=CCSc1ncccc1-c1nn(CCS(=O)(=O)c2ccc(Cl)cc2)c(=O)o1. The summed E-state index contributed by atoms with van der Waals surface area (Å²) < 4.78 is 31.1. The van der Waals surface area contributed by atoms with Crippen molar-refractivity contribution in [1.29, 1.82) is 0 Å². The Morgan fingerprint density at radius 1 is 1.25 bits per heavy atom. The summed E-state index contributed by atoms with van der Waals surface area (Å²) in [6, 6.07) is 9.29. The number of rotatable bonds is 8. The summed E-state index contributed by atoms with van der Waals surface area (Å²) in [6.07, 6.45) is 3.36. The highest BCUT2D eigenvalue weighted by atomic mass is 35.5. The van der Waals surface area contributed by atoms with E-state index in [-0.39, 0.29) is 23.1 Å². The summed E-state index contributed by atoms with van der Waals surface area (Å²) in [5, 5.41) is 5.22. The lowest BCUT2D eigenvalue weighted by Gasteiger charge is -2.04. The van der Waals surface area contributed by atoms with E-state index in [1.165, 1.54) is 36.0 Å². The smallest absolute Gasteiger partial charge is 0.387 e. The molecule has 0 amide bonds. The number of aromatic nitrogens is 3. The predicted octanol–water partition coefficient (Wildman–Crippen LogP) is 3.30. The van der Waals surface area contributed by atoms with E-state index in [0.717, 1.165) is 4.68 Å². The summed E-state index contributed by atoms with van der Waals surface area (Å²) >= 11 is 7.21. The van der Waals surface area contributed by atoms with Crippen molar-refractivity contribution in [2.24, 2.45) is 0 Å². The molecular formula is C18H16ClN3O4S2. The van der Waals surface area contributed by atoms with E-state index in [2.05, 4.69) is 16.7 Å². The number of thioether (sulfide) groups is 1. The first-order valence-electron chi connectivity index (χ1n) is 8.16. The molecule has 2 heterocycles. The summed E-state index contributed by atoms with van der Waals surface area (Å²) in [7, 11) is -3.60. The zero-order valence-electron chi connectivity index (χ0n) is 14.6. The van der Waals surface area contributed by atoms with Crippen LogP contribution in [0.25, 0.3) is 11.5 Å². The van der Waals surface area contributed by atoms with Gasteiger partial charge in [-0.25, -0.2) is 18.2 Å². The molecule has 0 aliphatic rings. The number of pyridine rings is 1. The van der Waals surface area contributed by atoms with Crippen molar-refractivity contribution in [3.8, 4) is 11.5 Å². The van der Waals surface area contributed by atoms with Crippen LogP contribution >= 0.6 is 23.4 Å². The van der Waals surface area contributed by atoms with Crippen molar-refractivity contribution in [3.05, 3.63) is 70.8 Å². The molecule has 1 aromatic carbocycles. The average Bonchev–Trinajstić information content (AvgIpc) is 3.06. The average molecular weight is 438 g/mol. The zero-order chi connectivity index (χ0) is 20.1. The maximum Gasteiger partial charge on any atom is 0.437 e. The minimum atomic E-state index is -3.60. The molecule has 0 radical (unpaired) electrons. The van der Waals surface area contributed by atoms with Crippen molar-refractivity contribution >= 4 is 33.2 Å². The second kappa shape index (κ2) is 8.76. The first kappa shape index (κ1) is 20.4. The Kier molecular flexibility index (Phi) is 6.38. The molecule has 7 nitrogen and oxygen atoms in total. The molecule has 0 saturated carbocycles. The van der Waals surface area contributed by atoms with E-state index >= 15 is 0 Å². The molecule has 0 bridgehead atoms. The molecule has 28 heavy (non-hydrogen) atoms. The van der Waals surface area contributed by atoms with Gasteiger partial charge in [-0.1, -0.05) is 17.7 Å². The van der Waals surface area contributed by atoms with Crippen LogP contribution in [-0.4, -0.2) is 34.7 Å². The van der Waals surface area contributed by atoms with E-state index < -0.39 is 15.6 Å². The highest BCUT2D eigenvalue weighted by molar-refractivity contribution is 7.99. The molecule has 3 rings (SSSR count). The van der Waals surface area contributed by atoms with E-state index in [1.807, 2.05) is 0 Å². The highest BCUT2D eigenvalue weighted by Gasteiger charge is 2.19.